The Bertz CT molecular complexity index is 1220. The van der Waals surface area contributed by atoms with Crippen molar-refractivity contribution in [2.45, 2.75) is 13.3 Å². The molecule has 0 aliphatic rings. The summed E-state index contributed by atoms with van der Waals surface area (Å²) in [5, 5.41) is 6.42. The average Bonchev–Trinajstić information content (AvgIpc) is 3.17. The molecule has 0 spiro atoms. The lowest BCUT2D eigenvalue weighted by molar-refractivity contribution is 0.0977. The number of nitrogens with one attached hydrogen (secondary N) is 2. The molecule has 0 saturated carbocycles. The minimum absolute atomic E-state index is 0.205. The number of thiocarbonyl (C=S) groups is 1. The van der Waals surface area contributed by atoms with Crippen LogP contribution < -0.4 is 10.6 Å². The number of nitrogens with zero attached hydrogens (tertiary/aromatic N) is 1. The van der Waals surface area contributed by atoms with Crippen molar-refractivity contribution >= 4 is 51.6 Å². The lowest BCUT2D eigenvalue weighted by Crippen LogP contribution is -2.34. The molecule has 0 aliphatic heterocycles. The van der Waals surface area contributed by atoms with Gasteiger partial charge in [-0.25, -0.2) is 4.98 Å². The maximum Gasteiger partial charge on any atom is 0.257 e. The highest BCUT2D eigenvalue weighted by Gasteiger charge is 2.10. The van der Waals surface area contributed by atoms with Gasteiger partial charge in [0.1, 0.15) is 5.52 Å². The fourth-order valence-electron chi connectivity index (χ4n) is 2.95. The summed E-state index contributed by atoms with van der Waals surface area (Å²) in [6, 6.07) is 20.1. The van der Waals surface area contributed by atoms with Crippen LogP contribution in [0.5, 0.6) is 0 Å². The SMILES string of the molecule is CCc1ccc2oc(-c3ccc(NC(=S)NC(=O)c4ccc(Cl)cc4)cc3)nc2c1. The molecule has 5 nitrogen and oxygen atoms in total. The lowest BCUT2D eigenvalue weighted by atomic mass is 10.1. The van der Waals surface area contributed by atoms with Crippen molar-refractivity contribution in [3.63, 3.8) is 0 Å². The maximum atomic E-state index is 12.2. The standard InChI is InChI=1S/C23H18ClN3O2S/c1-2-14-3-12-20-19(13-14)26-22(29-20)16-6-10-18(11-7-16)25-23(30)27-21(28)15-4-8-17(24)9-5-15/h3-13H,2H2,1H3,(H2,25,27,28,30). The molecule has 4 rings (SSSR count). The van der Waals surface area contributed by atoms with E-state index in [1.165, 1.54) is 5.56 Å². The van der Waals surface area contributed by atoms with Crippen LogP contribution in [0.2, 0.25) is 5.02 Å². The Morgan fingerprint density at radius 2 is 1.80 bits per heavy atom. The predicted molar refractivity (Wildman–Crippen MR) is 124 cm³/mol. The third kappa shape index (κ3) is 4.50. The predicted octanol–water partition coefficient (Wildman–Crippen LogP) is 5.84. The van der Waals surface area contributed by atoms with E-state index < -0.39 is 0 Å². The molecule has 0 aliphatic carbocycles. The Labute approximate surface area is 184 Å². The van der Waals surface area contributed by atoms with E-state index in [-0.39, 0.29) is 11.0 Å². The number of hydrogen-bond donors (Lipinski definition) is 2. The molecule has 3 aromatic carbocycles. The number of oxazole rings is 1. The van der Waals surface area contributed by atoms with Gasteiger partial charge in [0.05, 0.1) is 0 Å². The number of hydrogen-bond acceptors (Lipinski definition) is 4. The van der Waals surface area contributed by atoms with E-state index in [9.17, 15) is 4.79 Å². The minimum Gasteiger partial charge on any atom is -0.436 e. The maximum absolute atomic E-state index is 12.2. The van der Waals surface area contributed by atoms with Crippen molar-refractivity contribution < 1.29 is 9.21 Å². The van der Waals surface area contributed by atoms with Gasteiger partial charge in [0, 0.05) is 21.8 Å². The summed E-state index contributed by atoms with van der Waals surface area (Å²) in [6.07, 6.45) is 0.951. The van der Waals surface area contributed by atoms with Crippen LogP contribution in [0.25, 0.3) is 22.6 Å². The molecule has 0 fully saturated rings. The van der Waals surface area contributed by atoms with Crippen LogP contribution in [0.15, 0.2) is 71.1 Å². The zero-order valence-corrected chi connectivity index (χ0v) is 17.7. The fourth-order valence-corrected chi connectivity index (χ4v) is 3.29. The molecule has 1 amide bonds. The number of aryl methyl sites for hydroxylation is 1. The molecule has 7 heteroatoms. The topological polar surface area (TPSA) is 67.2 Å². The number of benzene rings is 3. The molecule has 0 atom stereocenters. The van der Waals surface area contributed by atoms with Gasteiger partial charge < -0.3 is 9.73 Å². The van der Waals surface area contributed by atoms with Crippen LogP contribution in [-0.4, -0.2) is 16.0 Å². The van der Waals surface area contributed by atoms with Gasteiger partial charge in [-0.2, -0.15) is 0 Å². The number of anilines is 1. The molecular weight excluding hydrogens is 418 g/mol. The molecular formula is C23H18ClN3O2S. The van der Waals surface area contributed by atoms with Gasteiger partial charge in [0.15, 0.2) is 10.7 Å². The molecule has 30 heavy (non-hydrogen) atoms. The van der Waals surface area contributed by atoms with Crippen LogP contribution in [0.1, 0.15) is 22.8 Å². The second-order valence-corrected chi connectivity index (χ2v) is 7.51. The summed E-state index contributed by atoms with van der Waals surface area (Å²) in [6.45, 7) is 2.11. The average molecular weight is 436 g/mol. The highest BCUT2D eigenvalue weighted by molar-refractivity contribution is 7.80. The summed E-state index contributed by atoms with van der Waals surface area (Å²) >= 11 is 11.1. The van der Waals surface area contributed by atoms with Gasteiger partial charge in [0.25, 0.3) is 5.91 Å². The number of aromatic nitrogens is 1. The second kappa shape index (κ2) is 8.65. The van der Waals surface area contributed by atoms with Crippen LogP contribution in [0.4, 0.5) is 5.69 Å². The Morgan fingerprint density at radius 1 is 1.07 bits per heavy atom. The van der Waals surface area contributed by atoms with E-state index in [0.29, 0.717) is 16.5 Å². The normalized spacial score (nSPS) is 10.7. The van der Waals surface area contributed by atoms with Crippen molar-refractivity contribution in [3.05, 3.63) is 82.9 Å². The second-order valence-electron chi connectivity index (χ2n) is 6.67. The van der Waals surface area contributed by atoms with Crippen molar-refractivity contribution in [2.75, 3.05) is 5.32 Å². The van der Waals surface area contributed by atoms with E-state index in [2.05, 4.69) is 22.5 Å². The third-order valence-electron chi connectivity index (χ3n) is 4.58. The summed E-state index contributed by atoms with van der Waals surface area (Å²) in [5.74, 6) is 0.252. The molecule has 1 heterocycles. The Hall–Kier alpha value is -3.22. The molecule has 0 unspecified atom stereocenters. The molecule has 1 aromatic heterocycles. The van der Waals surface area contributed by atoms with Crippen LogP contribution >= 0.6 is 23.8 Å². The smallest absolute Gasteiger partial charge is 0.257 e. The van der Waals surface area contributed by atoms with Gasteiger partial charge in [-0.15, -0.1) is 0 Å². The van der Waals surface area contributed by atoms with E-state index in [0.717, 1.165) is 28.8 Å². The first-order valence-corrected chi connectivity index (χ1v) is 10.2. The van der Waals surface area contributed by atoms with Gasteiger partial charge in [-0.1, -0.05) is 24.6 Å². The number of fused-ring (bicyclic) bond motifs is 1. The summed E-state index contributed by atoms with van der Waals surface area (Å²) in [5.41, 5.74) is 4.89. The van der Waals surface area contributed by atoms with Crippen LogP contribution in [-0.2, 0) is 6.42 Å². The van der Waals surface area contributed by atoms with E-state index in [4.69, 9.17) is 28.2 Å². The largest absolute Gasteiger partial charge is 0.436 e. The van der Waals surface area contributed by atoms with Gasteiger partial charge >= 0.3 is 0 Å². The highest BCUT2D eigenvalue weighted by Crippen LogP contribution is 2.26. The lowest BCUT2D eigenvalue weighted by Gasteiger charge is -2.10. The molecule has 2 N–H and O–H groups in total. The first kappa shape index (κ1) is 20.1. The summed E-state index contributed by atoms with van der Waals surface area (Å²) < 4.78 is 5.86. The minimum atomic E-state index is -0.307. The van der Waals surface area contributed by atoms with Crippen molar-refractivity contribution in [3.8, 4) is 11.5 Å². The van der Waals surface area contributed by atoms with E-state index >= 15 is 0 Å². The zero-order valence-electron chi connectivity index (χ0n) is 16.1. The first-order chi connectivity index (χ1) is 14.5. The number of carbonyl (C=O) groups excluding carboxylic acids is 1. The third-order valence-corrected chi connectivity index (χ3v) is 5.04. The summed E-state index contributed by atoms with van der Waals surface area (Å²) in [4.78, 5) is 16.8. The highest BCUT2D eigenvalue weighted by atomic mass is 35.5. The van der Waals surface area contributed by atoms with Gasteiger partial charge in [-0.05, 0) is 84.9 Å². The van der Waals surface area contributed by atoms with Crippen LogP contribution in [0, 0.1) is 0 Å². The van der Waals surface area contributed by atoms with E-state index in [1.807, 2.05) is 42.5 Å². The Kier molecular flexibility index (Phi) is 5.79. The van der Waals surface area contributed by atoms with Gasteiger partial charge in [-0.3, -0.25) is 10.1 Å². The van der Waals surface area contributed by atoms with Crippen molar-refractivity contribution in [1.29, 1.82) is 0 Å². The molecule has 0 radical (unpaired) electrons. The monoisotopic (exact) mass is 435 g/mol. The zero-order chi connectivity index (χ0) is 21.1. The van der Waals surface area contributed by atoms with Crippen LogP contribution in [0.3, 0.4) is 0 Å². The molecule has 4 aromatic rings. The first-order valence-electron chi connectivity index (χ1n) is 9.39. The van der Waals surface area contributed by atoms with Crippen molar-refractivity contribution in [1.82, 2.24) is 10.3 Å². The van der Waals surface area contributed by atoms with E-state index in [1.54, 1.807) is 24.3 Å². The number of halogens is 1. The molecule has 0 saturated heterocycles. The van der Waals surface area contributed by atoms with Gasteiger partial charge in [0.2, 0.25) is 5.89 Å². The van der Waals surface area contributed by atoms with Crippen molar-refractivity contribution in [2.24, 2.45) is 0 Å². The quantitative estimate of drug-likeness (QED) is 0.394. The summed E-state index contributed by atoms with van der Waals surface area (Å²) in [7, 11) is 0. The molecule has 150 valence electrons. The number of amides is 1. The molecule has 0 bridgehead atoms. The Morgan fingerprint density at radius 3 is 2.50 bits per heavy atom. The fraction of sp³-hybridized carbons (Fsp3) is 0.0870. The number of rotatable bonds is 4. The Balaban J connectivity index is 1.42. The number of carbonyl (C=O) groups is 1.